The second-order valence-corrected chi connectivity index (χ2v) is 6.13. The van der Waals surface area contributed by atoms with E-state index in [4.69, 9.17) is 4.74 Å². The van der Waals surface area contributed by atoms with Gasteiger partial charge < -0.3 is 4.74 Å². The van der Waals surface area contributed by atoms with Gasteiger partial charge in [0.15, 0.2) is 0 Å². The van der Waals surface area contributed by atoms with Gasteiger partial charge in [-0.05, 0) is 50.2 Å². The van der Waals surface area contributed by atoms with Crippen molar-refractivity contribution in [3.63, 3.8) is 0 Å². The van der Waals surface area contributed by atoms with E-state index < -0.39 is 0 Å². The number of carbonyl (C=O) groups is 1. The average Bonchev–Trinajstić information content (AvgIpc) is 2.66. The van der Waals surface area contributed by atoms with E-state index in [0.717, 1.165) is 37.7 Å². The first kappa shape index (κ1) is 19.0. The zero-order valence-electron chi connectivity index (χ0n) is 15.3. The number of aryl methyl sites for hydroxylation is 2. The average molecular weight is 336 g/mol. The molecule has 0 bridgehead atoms. The Bertz CT molecular complexity index is 672. The minimum Gasteiger partial charge on any atom is -0.463 e. The summed E-state index contributed by atoms with van der Waals surface area (Å²) < 4.78 is 5.33. The normalized spacial score (nSPS) is 11.8. The van der Waals surface area contributed by atoms with Crippen molar-refractivity contribution in [1.82, 2.24) is 0 Å². The fourth-order valence-electron chi connectivity index (χ4n) is 3.04. The molecule has 2 nitrogen and oxygen atoms in total. The molecule has 2 aromatic carbocycles. The molecule has 2 aromatic rings. The van der Waals surface area contributed by atoms with Crippen LogP contribution in [0.2, 0.25) is 0 Å². The summed E-state index contributed by atoms with van der Waals surface area (Å²) in [6, 6.07) is 20.8. The highest BCUT2D eigenvalue weighted by atomic mass is 16.5. The molecular formula is C23H28O2. The maximum absolute atomic E-state index is 12.5. The van der Waals surface area contributed by atoms with Gasteiger partial charge in [0.25, 0.3) is 0 Å². The number of esters is 1. The summed E-state index contributed by atoms with van der Waals surface area (Å²) in [5, 5.41) is 0. The van der Waals surface area contributed by atoms with E-state index >= 15 is 0 Å². The van der Waals surface area contributed by atoms with Gasteiger partial charge in [-0.2, -0.15) is 0 Å². The van der Waals surface area contributed by atoms with E-state index in [9.17, 15) is 4.79 Å². The highest BCUT2D eigenvalue weighted by Crippen LogP contribution is 2.22. The summed E-state index contributed by atoms with van der Waals surface area (Å²) in [5.74, 6) is -0.150. The number of carbonyl (C=O) groups excluding carboxylic acids is 1. The van der Waals surface area contributed by atoms with Crippen molar-refractivity contribution in [3.8, 4) is 0 Å². The molecule has 0 saturated heterocycles. The molecular weight excluding hydrogens is 308 g/mol. The number of hydrogen-bond acceptors (Lipinski definition) is 2. The van der Waals surface area contributed by atoms with Crippen LogP contribution in [0, 0.1) is 0 Å². The summed E-state index contributed by atoms with van der Waals surface area (Å²) in [5.41, 5.74) is 4.64. The third-order valence-electron chi connectivity index (χ3n) is 4.44. The van der Waals surface area contributed by atoms with Crippen LogP contribution >= 0.6 is 0 Å². The Hall–Kier alpha value is -2.35. The van der Waals surface area contributed by atoms with Crippen molar-refractivity contribution in [3.05, 3.63) is 82.9 Å². The summed E-state index contributed by atoms with van der Waals surface area (Å²) in [6.45, 7) is 4.41. The highest BCUT2D eigenvalue weighted by molar-refractivity contribution is 5.89. The summed E-state index contributed by atoms with van der Waals surface area (Å²) in [4.78, 5) is 12.5. The monoisotopic (exact) mass is 336 g/mol. The third-order valence-corrected chi connectivity index (χ3v) is 4.44. The zero-order valence-corrected chi connectivity index (χ0v) is 15.3. The second-order valence-electron chi connectivity index (χ2n) is 6.13. The number of rotatable bonds is 9. The van der Waals surface area contributed by atoms with Crippen LogP contribution < -0.4 is 0 Å². The van der Waals surface area contributed by atoms with Crippen LogP contribution in [0.3, 0.4) is 0 Å². The van der Waals surface area contributed by atoms with E-state index in [2.05, 4.69) is 43.3 Å². The molecule has 25 heavy (non-hydrogen) atoms. The van der Waals surface area contributed by atoms with Crippen LogP contribution in [-0.4, -0.2) is 12.6 Å². The largest absolute Gasteiger partial charge is 0.463 e. The maximum Gasteiger partial charge on any atom is 0.333 e. The molecule has 0 radical (unpaired) electrons. The fraction of sp³-hybridized carbons (Fsp3) is 0.348. The van der Waals surface area contributed by atoms with Crippen LogP contribution in [0.15, 0.2) is 71.8 Å². The molecule has 132 valence electrons. The van der Waals surface area contributed by atoms with Crippen LogP contribution in [0.1, 0.15) is 44.2 Å². The van der Waals surface area contributed by atoms with Gasteiger partial charge in [0.1, 0.15) is 0 Å². The molecule has 0 N–H and O–H groups in total. The summed E-state index contributed by atoms with van der Waals surface area (Å²) in [7, 11) is 0. The van der Waals surface area contributed by atoms with E-state index in [0.29, 0.717) is 6.61 Å². The van der Waals surface area contributed by atoms with E-state index in [-0.39, 0.29) is 5.97 Å². The van der Waals surface area contributed by atoms with Gasteiger partial charge in [-0.15, -0.1) is 0 Å². The van der Waals surface area contributed by atoms with Gasteiger partial charge in [0.05, 0.1) is 6.61 Å². The second kappa shape index (κ2) is 10.5. The minimum absolute atomic E-state index is 0.150. The molecule has 0 amide bonds. The van der Waals surface area contributed by atoms with Gasteiger partial charge >= 0.3 is 5.97 Å². The van der Waals surface area contributed by atoms with Gasteiger partial charge in [0, 0.05) is 5.57 Å². The van der Waals surface area contributed by atoms with Crippen LogP contribution in [-0.2, 0) is 22.4 Å². The Kier molecular flexibility index (Phi) is 7.97. The predicted molar refractivity (Wildman–Crippen MR) is 103 cm³/mol. The Morgan fingerprint density at radius 3 is 1.80 bits per heavy atom. The molecule has 0 fully saturated rings. The molecule has 0 unspecified atom stereocenters. The molecule has 0 aromatic heterocycles. The van der Waals surface area contributed by atoms with E-state index in [1.54, 1.807) is 0 Å². The van der Waals surface area contributed by atoms with Crippen molar-refractivity contribution in [2.45, 2.75) is 46.0 Å². The molecule has 0 atom stereocenters. The number of hydrogen-bond donors (Lipinski definition) is 0. The molecule has 0 saturated carbocycles. The topological polar surface area (TPSA) is 26.3 Å². The smallest absolute Gasteiger partial charge is 0.333 e. The van der Waals surface area contributed by atoms with Gasteiger partial charge in [-0.1, -0.05) is 73.2 Å². The molecule has 0 heterocycles. The van der Waals surface area contributed by atoms with Gasteiger partial charge in [-0.3, -0.25) is 0 Å². The number of ether oxygens (including phenoxy) is 1. The molecule has 0 spiro atoms. The van der Waals surface area contributed by atoms with Gasteiger partial charge in [-0.25, -0.2) is 4.79 Å². The quantitative estimate of drug-likeness (QED) is 0.445. The van der Waals surface area contributed by atoms with E-state index in [1.165, 1.54) is 16.7 Å². The van der Waals surface area contributed by atoms with Gasteiger partial charge in [0.2, 0.25) is 0 Å². The summed E-state index contributed by atoms with van der Waals surface area (Å²) >= 11 is 0. The molecule has 0 aliphatic heterocycles. The Labute approximate surface area is 151 Å². The summed E-state index contributed by atoms with van der Waals surface area (Å²) in [6.07, 6.45) is 4.35. The van der Waals surface area contributed by atoms with Crippen LogP contribution in [0.5, 0.6) is 0 Å². The predicted octanol–water partition coefficient (Wildman–Crippen LogP) is 5.52. The van der Waals surface area contributed by atoms with Crippen LogP contribution in [0.25, 0.3) is 0 Å². The van der Waals surface area contributed by atoms with E-state index in [1.807, 2.05) is 31.2 Å². The fourth-order valence-corrected chi connectivity index (χ4v) is 3.04. The third kappa shape index (κ3) is 6.22. The molecule has 2 heteroatoms. The van der Waals surface area contributed by atoms with Crippen molar-refractivity contribution in [2.24, 2.45) is 0 Å². The first-order valence-electron chi connectivity index (χ1n) is 9.20. The highest BCUT2D eigenvalue weighted by Gasteiger charge is 2.16. The number of allylic oxidation sites excluding steroid dienone is 1. The lowest BCUT2D eigenvalue weighted by Crippen LogP contribution is -2.12. The van der Waals surface area contributed by atoms with Crippen molar-refractivity contribution in [1.29, 1.82) is 0 Å². The number of benzene rings is 2. The Balaban J connectivity index is 2.13. The standard InChI is InChI=1S/C23H28O2/c1-3-21(17-15-19-11-7-5-8-12-19)22(23(24)25-4-2)18-16-20-13-9-6-10-14-20/h5-14H,3-4,15-18H2,1-2H3/b22-21+. The van der Waals surface area contributed by atoms with Crippen LogP contribution in [0.4, 0.5) is 0 Å². The lowest BCUT2D eigenvalue weighted by Gasteiger charge is -2.14. The van der Waals surface area contributed by atoms with Crippen molar-refractivity contribution in [2.75, 3.05) is 6.61 Å². The Morgan fingerprint density at radius 2 is 1.32 bits per heavy atom. The first-order chi connectivity index (χ1) is 12.2. The molecule has 0 aliphatic carbocycles. The van der Waals surface area contributed by atoms with Crippen molar-refractivity contribution < 1.29 is 9.53 Å². The minimum atomic E-state index is -0.150. The SMILES string of the molecule is CCOC(=O)/C(CCc1ccccc1)=C(\CC)CCc1ccccc1. The van der Waals surface area contributed by atoms with Crippen molar-refractivity contribution >= 4 is 5.97 Å². The molecule has 0 aliphatic rings. The Morgan fingerprint density at radius 1 is 0.800 bits per heavy atom. The zero-order chi connectivity index (χ0) is 17.9. The lowest BCUT2D eigenvalue weighted by molar-refractivity contribution is -0.138. The molecule has 2 rings (SSSR count). The maximum atomic E-state index is 12.5. The first-order valence-corrected chi connectivity index (χ1v) is 9.20. The lowest BCUT2D eigenvalue weighted by atomic mass is 9.94.